The summed E-state index contributed by atoms with van der Waals surface area (Å²) in [7, 11) is 0. The van der Waals surface area contributed by atoms with Crippen LogP contribution in [0, 0.1) is 16.0 Å². The number of carbonyl (C=O) groups excluding carboxylic acids is 1. The van der Waals surface area contributed by atoms with Gasteiger partial charge >= 0.3 is 11.7 Å². The number of amides is 1. The van der Waals surface area contributed by atoms with Gasteiger partial charge in [-0.2, -0.15) is 0 Å². The molecule has 166 valence electrons. The molecule has 0 aliphatic rings. The van der Waals surface area contributed by atoms with Crippen LogP contribution in [0.25, 0.3) is 0 Å². The van der Waals surface area contributed by atoms with E-state index in [1.54, 1.807) is 6.92 Å². The van der Waals surface area contributed by atoms with Crippen LogP contribution in [-0.4, -0.2) is 34.6 Å². The number of nitrogens with zero attached hydrogens (tertiary/aromatic N) is 1. The molecule has 0 aliphatic carbocycles. The highest BCUT2D eigenvalue weighted by molar-refractivity contribution is 6.05. The van der Waals surface area contributed by atoms with E-state index < -0.39 is 16.8 Å². The zero-order valence-electron chi connectivity index (χ0n) is 17.9. The number of hydrogen-bond donors (Lipinski definition) is 2. The van der Waals surface area contributed by atoms with Crippen molar-refractivity contribution in [2.75, 3.05) is 11.9 Å². The summed E-state index contributed by atoms with van der Waals surface area (Å²) in [5.41, 5.74) is 0.236. The number of nitro benzene ring substituents is 1. The van der Waals surface area contributed by atoms with Crippen LogP contribution >= 0.6 is 0 Å². The fraction of sp³-hybridized carbons (Fsp3) is 0.364. The van der Waals surface area contributed by atoms with E-state index in [9.17, 15) is 24.8 Å². The highest BCUT2D eigenvalue weighted by Gasteiger charge is 2.21. The van der Waals surface area contributed by atoms with Gasteiger partial charge in [-0.25, -0.2) is 4.79 Å². The quantitative estimate of drug-likeness (QED) is 0.411. The third kappa shape index (κ3) is 6.43. The molecule has 9 nitrogen and oxygen atoms in total. The van der Waals surface area contributed by atoms with Crippen LogP contribution in [-0.2, 0) is 0 Å². The van der Waals surface area contributed by atoms with E-state index in [1.165, 1.54) is 36.4 Å². The minimum Gasteiger partial charge on any atom is -0.491 e. The molecule has 0 saturated carbocycles. The van der Waals surface area contributed by atoms with Gasteiger partial charge in [-0.1, -0.05) is 20.8 Å². The minimum atomic E-state index is -1.12. The van der Waals surface area contributed by atoms with Gasteiger partial charge in [0, 0.05) is 17.7 Å². The predicted molar refractivity (Wildman–Crippen MR) is 115 cm³/mol. The molecule has 0 heterocycles. The van der Waals surface area contributed by atoms with E-state index in [1.807, 2.05) is 20.8 Å². The molecule has 31 heavy (non-hydrogen) atoms. The number of carbonyl (C=O) groups is 2. The Labute approximate surface area is 180 Å². The number of carboxylic acid groups (broad SMARTS) is 1. The highest BCUT2D eigenvalue weighted by Crippen LogP contribution is 2.31. The Balaban J connectivity index is 2.34. The zero-order chi connectivity index (χ0) is 23.1. The molecule has 1 unspecified atom stereocenters. The van der Waals surface area contributed by atoms with Crippen molar-refractivity contribution in [2.24, 2.45) is 5.92 Å². The van der Waals surface area contributed by atoms with Crippen molar-refractivity contribution in [3.05, 3.63) is 57.6 Å². The van der Waals surface area contributed by atoms with Gasteiger partial charge in [0.2, 0.25) is 0 Å². The van der Waals surface area contributed by atoms with Crippen LogP contribution in [0.2, 0.25) is 0 Å². The topological polar surface area (TPSA) is 128 Å². The summed E-state index contributed by atoms with van der Waals surface area (Å²) >= 11 is 0. The fourth-order valence-corrected chi connectivity index (χ4v) is 2.53. The average molecular weight is 430 g/mol. The lowest BCUT2D eigenvalue weighted by atomic mass is 10.1. The maximum Gasteiger partial charge on any atom is 0.335 e. The maximum atomic E-state index is 12.8. The van der Waals surface area contributed by atoms with E-state index in [0.717, 1.165) is 0 Å². The number of nitro groups is 1. The molecule has 2 aromatic rings. The number of hydrogen-bond acceptors (Lipinski definition) is 6. The van der Waals surface area contributed by atoms with E-state index in [2.05, 4.69) is 5.32 Å². The van der Waals surface area contributed by atoms with Crippen molar-refractivity contribution in [3.8, 4) is 11.5 Å². The second kappa shape index (κ2) is 10.4. The van der Waals surface area contributed by atoms with Crippen molar-refractivity contribution in [3.63, 3.8) is 0 Å². The standard InChI is InChI=1S/C22H26N2O7/c1-5-14(4)31-20-10-15(7-9-18(20)24(28)29)21(25)23-17-8-6-16(22(26)27)11-19(17)30-12-13(2)3/h6-11,13-14H,5,12H2,1-4H3,(H,23,25)(H,26,27). The van der Waals surface area contributed by atoms with Crippen LogP contribution in [0.3, 0.4) is 0 Å². The largest absolute Gasteiger partial charge is 0.491 e. The first-order valence-corrected chi connectivity index (χ1v) is 9.88. The van der Waals surface area contributed by atoms with Gasteiger partial charge in [0.15, 0.2) is 5.75 Å². The highest BCUT2D eigenvalue weighted by atomic mass is 16.6. The third-order valence-electron chi connectivity index (χ3n) is 4.37. The zero-order valence-corrected chi connectivity index (χ0v) is 17.9. The third-order valence-corrected chi connectivity index (χ3v) is 4.37. The fourth-order valence-electron chi connectivity index (χ4n) is 2.53. The SMILES string of the molecule is CCC(C)Oc1cc(C(=O)Nc2ccc(C(=O)O)cc2OCC(C)C)ccc1[N+](=O)[O-]. The molecule has 0 radical (unpaired) electrons. The second-order valence-electron chi connectivity index (χ2n) is 7.45. The average Bonchev–Trinajstić information content (AvgIpc) is 2.72. The van der Waals surface area contributed by atoms with Crippen molar-refractivity contribution >= 4 is 23.3 Å². The molecule has 2 N–H and O–H groups in total. The van der Waals surface area contributed by atoms with Crippen molar-refractivity contribution in [1.82, 2.24) is 0 Å². The van der Waals surface area contributed by atoms with Gasteiger partial charge in [-0.05, 0) is 43.5 Å². The Kier molecular flexibility index (Phi) is 7.95. The summed E-state index contributed by atoms with van der Waals surface area (Å²) < 4.78 is 11.3. The lowest BCUT2D eigenvalue weighted by Crippen LogP contribution is -2.16. The molecule has 0 saturated heterocycles. The van der Waals surface area contributed by atoms with Crippen molar-refractivity contribution in [2.45, 2.75) is 40.2 Å². The molecule has 2 rings (SSSR count). The molecule has 1 amide bonds. The van der Waals surface area contributed by atoms with Gasteiger partial charge < -0.3 is 19.9 Å². The molecule has 2 aromatic carbocycles. The van der Waals surface area contributed by atoms with Gasteiger partial charge in [0.25, 0.3) is 5.91 Å². The minimum absolute atomic E-state index is 0.00417. The Morgan fingerprint density at radius 1 is 1.10 bits per heavy atom. The Morgan fingerprint density at radius 3 is 2.32 bits per heavy atom. The molecule has 0 aliphatic heterocycles. The number of nitrogens with one attached hydrogen (secondary N) is 1. The smallest absolute Gasteiger partial charge is 0.335 e. The number of benzene rings is 2. The lowest BCUT2D eigenvalue weighted by Gasteiger charge is -2.16. The molecule has 0 bridgehead atoms. The lowest BCUT2D eigenvalue weighted by molar-refractivity contribution is -0.386. The summed E-state index contributed by atoms with van der Waals surface area (Å²) in [5, 5.41) is 23.2. The summed E-state index contributed by atoms with van der Waals surface area (Å²) in [5.74, 6) is -1.24. The van der Waals surface area contributed by atoms with E-state index >= 15 is 0 Å². The first-order chi connectivity index (χ1) is 14.6. The van der Waals surface area contributed by atoms with E-state index in [4.69, 9.17) is 9.47 Å². The Hall–Kier alpha value is -3.62. The van der Waals surface area contributed by atoms with Crippen molar-refractivity contribution < 1.29 is 29.1 Å². The number of aromatic carboxylic acids is 1. The number of anilines is 1. The maximum absolute atomic E-state index is 12.8. The second-order valence-corrected chi connectivity index (χ2v) is 7.45. The molecule has 0 fully saturated rings. The number of rotatable bonds is 10. The first kappa shape index (κ1) is 23.7. The summed E-state index contributed by atoms with van der Waals surface area (Å²) in [6.07, 6.45) is 0.372. The Morgan fingerprint density at radius 2 is 1.74 bits per heavy atom. The molecule has 0 spiro atoms. The summed E-state index contributed by atoms with van der Waals surface area (Å²) in [6.45, 7) is 7.87. The van der Waals surface area contributed by atoms with Gasteiger partial charge in [0.05, 0.1) is 28.9 Å². The first-order valence-electron chi connectivity index (χ1n) is 9.88. The summed E-state index contributed by atoms with van der Waals surface area (Å²) in [4.78, 5) is 34.8. The summed E-state index contributed by atoms with van der Waals surface area (Å²) in [6, 6.07) is 8.01. The van der Waals surface area contributed by atoms with E-state index in [-0.39, 0.29) is 40.3 Å². The molecular formula is C22H26N2O7. The van der Waals surface area contributed by atoms with E-state index in [0.29, 0.717) is 18.7 Å². The Bertz CT molecular complexity index is 972. The molecule has 1 atom stereocenters. The molecule has 0 aromatic heterocycles. The van der Waals surface area contributed by atoms with Crippen LogP contribution in [0.5, 0.6) is 11.5 Å². The number of carboxylic acids is 1. The van der Waals surface area contributed by atoms with Gasteiger partial charge in [-0.3, -0.25) is 14.9 Å². The van der Waals surface area contributed by atoms with Crippen LogP contribution < -0.4 is 14.8 Å². The number of ether oxygens (including phenoxy) is 2. The van der Waals surface area contributed by atoms with Gasteiger partial charge in [0.1, 0.15) is 5.75 Å². The predicted octanol–water partition coefficient (Wildman–Crippen LogP) is 4.76. The molecular weight excluding hydrogens is 404 g/mol. The monoisotopic (exact) mass is 430 g/mol. The van der Waals surface area contributed by atoms with Crippen LogP contribution in [0.4, 0.5) is 11.4 Å². The van der Waals surface area contributed by atoms with Crippen LogP contribution in [0.1, 0.15) is 54.8 Å². The van der Waals surface area contributed by atoms with Gasteiger partial charge in [-0.15, -0.1) is 0 Å². The van der Waals surface area contributed by atoms with Crippen molar-refractivity contribution in [1.29, 1.82) is 0 Å². The van der Waals surface area contributed by atoms with Crippen LogP contribution in [0.15, 0.2) is 36.4 Å². The molecule has 9 heteroatoms. The normalized spacial score (nSPS) is 11.6.